The van der Waals surface area contributed by atoms with E-state index in [9.17, 15) is 9.59 Å². The van der Waals surface area contributed by atoms with E-state index in [1.165, 1.54) is 12.4 Å². The zero-order valence-corrected chi connectivity index (χ0v) is 19.3. The number of carbonyl (C=O) groups excluding carboxylic acids is 2. The summed E-state index contributed by atoms with van der Waals surface area (Å²) in [5.74, 6) is -0.0400. The standard InChI is InChI=1S/C24H20Cl2N4O4/c25-19-8-1-3-10-21(19)33-15-23(31)29-27-13-17-6-5-7-18(12-17)14-28-30-24(32)16-34-22-11-4-2-9-20(22)26/h1-14H,15-16H2,(H,29,31)(H,30,32)/b27-13+,28-14+. The van der Waals surface area contributed by atoms with Crippen molar-refractivity contribution in [3.05, 3.63) is 94.0 Å². The summed E-state index contributed by atoms with van der Waals surface area (Å²) in [6, 6.07) is 20.9. The maximum absolute atomic E-state index is 11.9. The Labute approximate surface area is 206 Å². The average Bonchev–Trinajstić information content (AvgIpc) is 2.83. The Kier molecular flexibility index (Phi) is 9.45. The molecular formula is C24H20Cl2N4O4. The number of nitrogens with zero attached hydrogens (tertiary/aromatic N) is 2. The van der Waals surface area contributed by atoms with Gasteiger partial charge in [-0.15, -0.1) is 0 Å². The first-order valence-corrected chi connectivity index (χ1v) is 10.8. The summed E-state index contributed by atoms with van der Waals surface area (Å²) >= 11 is 12.0. The summed E-state index contributed by atoms with van der Waals surface area (Å²) in [5.41, 5.74) is 6.18. The van der Waals surface area contributed by atoms with Crippen molar-refractivity contribution >= 4 is 47.4 Å². The molecule has 174 valence electrons. The van der Waals surface area contributed by atoms with Gasteiger partial charge < -0.3 is 9.47 Å². The van der Waals surface area contributed by atoms with Crippen LogP contribution in [0.5, 0.6) is 11.5 Å². The number of rotatable bonds is 10. The molecule has 10 heteroatoms. The smallest absolute Gasteiger partial charge is 0.277 e. The predicted octanol–water partition coefficient (Wildman–Crippen LogP) is 4.05. The normalized spacial score (nSPS) is 10.9. The van der Waals surface area contributed by atoms with Crippen LogP contribution >= 0.6 is 23.2 Å². The molecule has 0 spiro atoms. The van der Waals surface area contributed by atoms with Crippen LogP contribution in [-0.2, 0) is 9.59 Å². The van der Waals surface area contributed by atoms with Crippen molar-refractivity contribution in [1.82, 2.24) is 10.9 Å². The summed E-state index contributed by atoms with van der Waals surface area (Å²) in [5, 5.41) is 8.65. The van der Waals surface area contributed by atoms with E-state index in [0.717, 1.165) is 0 Å². The molecule has 0 fully saturated rings. The molecule has 3 rings (SSSR count). The van der Waals surface area contributed by atoms with Crippen molar-refractivity contribution in [2.24, 2.45) is 10.2 Å². The van der Waals surface area contributed by atoms with Crippen LogP contribution in [-0.4, -0.2) is 37.5 Å². The number of nitrogens with one attached hydrogen (secondary N) is 2. The fraction of sp³-hybridized carbons (Fsp3) is 0.0833. The van der Waals surface area contributed by atoms with Gasteiger partial charge in [-0.1, -0.05) is 65.7 Å². The number of hydrazone groups is 2. The highest BCUT2D eigenvalue weighted by Crippen LogP contribution is 2.23. The lowest BCUT2D eigenvalue weighted by Gasteiger charge is -2.06. The molecule has 0 aliphatic rings. The van der Waals surface area contributed by atoms with Gasteiger partial charge in [0.05, 0.1) is 22.5 Å². The average molecular weight is 499 g/mol. The monoisotopic (exact) mass is 498 g/mol. The van der Waals surface area contributed by atoms with E-state index in [1.54, 1.807) is 72.8 Å². The molecule has 3 aromatic carbocycles. The summed E-state index contributed by atoms with van der Waals surface area (Å²) in [6.07, 6.45) is 2.95. The van der Waals surface area contributed by atoms with Crippen molar-refractivity contribution in [1.29, 1.82) is 0 Å². The minimum atomic E-state index is -0.435. The minimum absolute atomic E-state index is 0.229. The SMILES string of the molecule is O=C(COc1ccccc1Cl)N/N=C/c1cccc(/C=N/NC(=O)COc2ccccc2Cl)c1. The van der Waals surface area contributed by atoms with Gasteiger partial charge in [-0.05, 0) is 41.5 Å². The highest BCUT2D eigenvalue weighted by molar-refractivity contribution is 6.32. The van der Waals surface area contributed by atoms with Crippen molar-refractivity contribution < 1.29 is 19.1 Å². The quantitative estimate of drug-likeness (QED) is 0.325. The number of hydrogen-bond acceptors (Lipinski definition) is 6. The Morgan fingerprint density at radius 2 is 1.15 bits per heavy atom. The van der Waals surface area contributed by atoms with Crippen LogP contribution < -0.4 is 20.3 Å². The Balaban J connectivity index is 1.42. The Hall–Kier alpha value is -3.88. The molecule has 8 nitrogen and oxygen atoms in total. The molecule has 0 aliphatic heterocycles. The number of amides is 2. The van der Waals surface area contributed by atoms with Gasteiger partial charge in [0.2, 0.25) is 0 Å². The summed E-state index contributed by atoms with van der Waals surface area (Å²) in [7, 11) is 0. The summed E-state index contributed by atoms with van der Waals surface area (Å²) < 4.78 is 10.7. The fourth-order valence-corrected chi connectivity index (χ4v) is 2.93. The summed E-state index contributed by atoms with van der Waals surface area (Å²) in [6.45, 7) is -0.457. The van der Waals surface area contributed by atoms with E-state index in [1.807, 2.05) is 0 Å². The number of ether oxygens (including phenoxy) is 2. The molecule has 0 aliphatic carbocycles. The number of para-hydroxylation sites is 2. The molecule has 0 bridgehead atoms. The molecule has 0 heterocycles. The lowest BCUT2D eigenvalue weighted by molar-refractivity contribution is -0.123. The zero-order chi connectivity index (χ0) is 24.2. The number of hydrogen-bond donors (Lipinski definition) is 2. The van der Waals surface area contributed by atoms with Crippen LogP contribution in [0.3, 0.4) is 0 Å². The first-order chi connectivity index (χ1) is 16.5. The van der Waals surface area contributed by atoms with Gasteiger partial charge in [0.25, 0.3) is 11.8 Å². The molecule has 34 heavy (non-hydrogen) atoms. The number of halogens is 2. The third-order valence-corrected chi connectivity index (χ3v) is 4.73. The molecular weight excluding hydrogens is 479 g/mol. The van der Waals surface area contributed by atoms with Crippen LogP contribution in [0.15, 0.2) is 83.0 Å². The van der Waals surface area contributed by atoms with E-state index < -0.39 is 11.8 Å². The highest BCUT2D eigenvalue weighted by atomic mass is 35.5. The van der Waals surface area contributed by atoms with Gasteiger partial charge in [0.1, 0.15) is 11.5 Å². The van der Waals surface area contributed by atoms with Gasteiger partial charge >= 0.3 is 0 Å². The summed E-state index contributed by atoms with van der Waals surface area (Å²) in [4.78, 5) is 23.8. The van der Waals surface area contributed by atoms with Gasteiger partial charge in [0.15, 0.2) is 13.2 Å². The second-order valence-corrected chi connectivity index (χ2v) is 7.51. The lowest BCUT2D eigenvalue weighted by atomic mass is 10.1. The Morgan fingerprint density at radius 3 is 1.59 bits per heavy atom. The fourth-order valence-electron chi connectivity index (χ4n) is 2.55. The molecule has 0 atom stereocenters. The van der Waals surface area contributed by atoms with E-state index >= 15 is 0 Å². The first-order valence-electron chi connectivity index (χ1n) is 10.00. The molecule has 0 aromatic heterocycles. The van der Waals surface area contributed by atoms with Crippen molar-refractivity contribution in [2.75, 3.05) is 13.2 Å². The topological polar surface area (TPSA) is 101 Å². The third kappa shape index (κ3) is 8.23. The molecule has 2 N–H and O–H groups in total. The second-order valence-electron chi connectivity index (χ2n) is 6.69. The van der Waals surface area contributed by atoms with Crippen LogP contribution in [0.25, 0.3) is 0 Å². The van der Waals surface area contributed by atoms with Gasteiger partial charge in [-0.2, -0.15) is 10.2 Å². The van der Waals surface area contributed by atoms with Gasteiger partial charge in [-0.3, -0.25) is 9.59 Å². The van der Waals surface area contributed by atoms with E-state index in [2.05, 4.69) is 21.1 Å². The predicted molar refractivity (Wildman–Crippen MR) is 132 cm³/mol. The number of benzene rings is 3. The minimum Gasteiger partial charge on any atom is -0.482 e. The van der Waals surface area contributed by atoms with E-state index in [-0.39, 0.29) is 13.2 Å². The third-order valence-electron chi connectivity index (χ3n) is 4.11. The first kappa shape index (κ1) is 24.8. The molecule has 3 aromatic rings. The van der Waals surface area contributed by atoms with Crippen molar-refractivity contribution in [3.8, 4) is 11.5 Å². The largest absolute Gasteiger partial charge is 0.482 e. The maximum Gasteiger partial charge on any atom is 0.277 e. The van der Waals surface area contributed by atoms with Crippen LogP contribution in [0.2, 0.25) is 10.0 Å². The maximum atomic E-state index is 11.9. The van der Waals surface area contributed by atoms with E-state index in [4.69, 9.17) is 32.7 Å². The molecule has 0 saturated carbocycles. The van der Waals surface area contributed by atoms with Crippen LogP contribution in [0.4, 0.5) is 0 Å². The molecule has 0 unspecified atom stereocenters. The number of carbonyl (C=O) groups is 2. The zero-order valence-electron chi connectivity index (χ0n) is 17.8. The van der Waals surface area contributed by atoms with Gasteiger partial charge in [-0.25, -0.2) is 10.9 Å². The van der Waals surface area contributed by atoms with Crippen LogP contribution in [0, 0.1) is 0 Å². The molecule has 0 saturated heterocycles. The lowest BCUT2D eigenvalue weighted by Crippen LogP contribution is -2.24. The molecule has 2 amide bonds. The molecule has 0 radical (unpaired) electrons. The highest BCUT2D eigenvalue weighted by Gasteiger charge is 2.05. The Bertz CT molecular complexity index is 1110. The second kappa shape index (κ2) is 13.0. The van der Waals surface area contributed by atoms with E-state index in [0.29, 0.717) is 32.7 Å². The Morgan fingerprint density at radius 1 is 0.706 bits per heavy atom. The van der Waals surface area contributed by atoms with Crippen molar-refractivity contribution in [2.45, 2.75) is 0 Å². The van der Waals surface area contributed by atoms with Crippen molar-refractivity contribution in [3.63, 3.8) is 0 Å². The van der Waals surface area contributed by atoms with Gasteiger partial charge in [0, 0.05) is 0 Å². The van der Waals surface area contributed by atoms with Crippen LogP contribution in [0.1, 0.15) is 11.1 Å².